The number of hydrogen-bond donors (Lipinski definition) is 1. The van der Waals surface area contributed by atoms with Crippen LogP contribution in [0.3, 0.4) is 0 Å². The van der Waals surface area contributed by atoms with Crippen LogP contribution < -0.4 is 10.2 Å². The van der Waals surface area contributed by atoms with Crippen molar-refractivity contribution < 1.29 is 0 Å². The molecule has 166 valence electrons. The van der Waals surface area contributed by atoms with E-state index in [0.717, 1.165) is 16.5 Å². The van der Waals surface area contributed by atoms with E-state index in [0.29, 0.717) is 0 Å². The number of anilines is 1. The zero-order valence-corrected chi connectivity index (χ0v) is 20.2. The lowest BCUT2D eigenvalue weighted by Gasteiger charge is -2.29. The largest absolute Gasteiger partial charge is 0.351 e. The fourth-order valence-corrected chi connectivity index (χ4v) is 5.38. The molecule has 0 radical (unpaired) electrons. The molecule has 4 aromatic rings. The van der Waals surface area contributed by atoms with Crippen molar-refractivity contribution in [2.24, 2.45) is 0 Å². The Morgan fingerprint density at radius 2 is 1.48 bits per heavy atom. The minimum absolute atomic E-state index is 0.0150. The Bertz CT molecular complexity index is 1290. The van der Waals surface area contributed by atoms with E-state index in [1.165, 1.54) is 33.8 Å². The molecule has 0 aliphatic carbocycles. The van der Waals surface area contributed by atoms with E-state index >= 15 is 0 Å². The molecule has 1 aliphatic rings. The van der Waals surface area contributed by atoms with Crippen LogP contribution in [0.25, 0.3) is 5.69 Å². The van der Waals surface area contributed by atoms with Crippen LogP contribution in [0.1, 0.15) is 45.9 Å². The number of pyridine rings is 1. The zero-order valence-electron chi connectivity index (χ0n) is 19.4. The maximum atomic E-state index is 5.91. The average molecular weight is 453 g/mol. The standard InChI is InChI=1S/C28H28N4S/c1-18-13-15-23(16-14-18)32-27(26(30-28(32)33)24-12-8-9-17-29-24)25-19(2)20(3)31(21(25)4)22-10-6-5-7-11-22/h5-17,26-27H,1-4H3,(H,30,33)/t26-,27-/m1/s1. The van der Waals surface area contributed by atoms with Crippen LogP contribution in [0.15, 0.2) is 79.0 Å². The Labute approximate surface area is 200 Å². The quantitative estimate of drug-likeness (QED) is 0.369. The van der Waals surface area contributed by atoms with Gasteiger partial charge in [0.15, 0.2) is 5.11 Å². The van der Waals surface area contributed by atoms with Gasteiger partial charge in [0, 0.05) is 34.5 Å². The Kier molecular flexibility index (Phi) is 5.51. The molecule has 2 atom stereocenters. The summed E-state index contributed by atoms with van der Waals surface area (Å²) in [6.45, 7) is 8.75. The molecule has 4 nitrogen and oxygen atoms in total. The SMILES string of the molecule is Cc1ccc(N2C(=S)N[C@H](c3ccccn3)[C@H]2c2c(C)c(C)n(-c3ccccc3)c2C)cc1. The molecule has 3 heterocycles. The molecule has 1 N–H and O–H groups in total. The predicted molar refractivity (Wildman–Crippen MR) is 139 cm³/mol. The maximum Gasteiger partial charge on any atom is 0.174 e. The predicted octanol–water partition coefficient (Wildman–Crippen LogP) is 6.28. The van der Waals surface area contributed by atoms with Gasteiger partial charge < -0.3 is 14.8 Å². The summed E-state index contributed by atoms with van der Waals surface area (Å²) in [5, 5.41) is 4.32. The number of aromatic nitrogens is 2. The van der Waals surface area contributed by atoms with Gasteiger partial charge in [0.05, 0.1) is 17.8 Å². The second-order valence-electron chi connectivity index (χ2n) is 8.71. The maximum absolute atomic E-state index is 5.91. The monoisotopic (exact) mass is 452 g/mol. The molecular weight excluding hydrogens is 424 g/mol. The van der Waals surface area contributed by atoms with Crippen molar-refractivity contribution in [2.45, 2.75) is 39.8 Å². The van der Waals surface area contributed by atoms with Crippen molar-refractivity contribution in [2.75, 3.05) is 4.90 Å². The topological polar surface area (TPSA) is 33.1 Å². The summed E-state index contributed by atoms with van der Waals surface area (Å²) in [7, 11) is 0. The van der Waals surface area contributed by atoms with E-state index in [1.54, 1.807) is 0 Å². The van der Waals surface area contributed by atoms with Crippen LogP contribution in [-0.2, 0) is 0 Å². The van der Waals surface area contributed by atoms with Gasteiger partial charge in [-0.05, 0) is 81.9 Å². The summed E-state index contributed by atoms with van der Waals surface area (Å²) in [5.74, 6) is 0. The number of thiocarbonyl (C=S) groups is 1. The number of nitrogens with one attached hydrogen (secondary N) is 1. The lowest BCUT2D eigenvalue weighted by atomic mass is 9.93. The van der Waals surface area contributed by atoms with Gasteiger partial charge in [-0.2, -0.15) is 0 Å². The van der Waals surface area contributed by atoms with Gasteiger partial charge in [0.1, 0.15) is 0 Å². The molecule has 2 aromatic heterocycles. The molecule has 0 unspecified atom stereocenters. The van der Waals surface area contributed by atoms with E-state index in [1.807, 2.05) is 18.3 Å². The Hall–Kier alpha value is -3.44. The number of aryl methyl sites for hydroxylation is 1. The van der Waals surface area contributed by atoms with Crippen LogP contribution in [0.4, 0.5) is 5.69 Å². The summed E-state index contributed by atoms with van der Waals surface area (Å²) in [5.41, 5.74) is 9.53. The third kappa shape index (κ3) is 3.62. The molecule has 33 heavy (non-hydrogen) atoms. The second-order valence-corrected chi connectivity index (χ2v) is 9.10. The summed E-state index contributed by atoms with van der Waals surface area (Å²) >= 11 is 5.91. The summed E-state index contributed by atoms with van der Waals surface area (Å²) in [4.78, 5) is 6.97. The lowest BCUT2D eigenvalue weighted by Crippen LogP contribution is -2.29. The van der Waals surface area contributed by atoms with E-state index < -0.39 is 0 Å². The molecule has 0 bridgehead atoms. The van der Waals surface area contributed by atoms with Crippen LogP contribution in [-0.4, -0.2) is 14.7 Å². The first-order valence-electron chi connectivity index (χ1n) is 11.3. The van der Waals surface area contributed by atoms with Gasteiger partial charge in [-0.1, -0.05) is 42.0 Å². The number of hydrogen-bond acceptors (Lipinski definition) is 2. The molecule has 2 aromatic carbocycles. The number of para-hydroxylation sites is 1. The van der Waals surface area contributed by atoms with E-state index in [-0.39, 0.29) is 12.1 Å². The average Bonchev–Trinajstić information content (AvgIpc) is 3.28. The Balaban J connectivity index is 1.72. The van der Waals surface area contributed by atoms with Crippen molar-refractivity contribution in [3.63, 3.8) is 0 Å². The lowest BCUT2D eigenvalue weighted by molar-refractivity contribution is 0.563. The van der Waals surface area contributed by atoms with Crippen molar-refractivity contribution in [1.29, 1.82) is 0 Å². The zero-order chi connectivity index (χ0) is 23.1. The molecule has 5 rings (SSSR count). The highest BCUT2D eigenvalue weighted by Crippen LogP contribution is 2.45. The molecule has 5 heteroatoms. The third-order valence-electron chi connectivity index (χ3n) is 6.73. The smallest absolute Gasteiger partial charge is 0.174 e. The van der Waals surface area contributed by atoms with Crippen molar-refractivity contribution in [3.8, 4) is 5.69 Å². The highest BCUT2D eigenvalue weighted by Gasteiger charge is 2.43. The molecule has 1 saturated heterocycles. The minimum atomic E-state index is -0.0524. The highest BCUT2D eigenvalue weighted by molar-refractivity contribution is 7.80. The van der Waals surface area contributed by atoms with Gasteiger partial charge in [-0.15, -0.1) is 0 Å². The first-order valence-corrected chi connectivity index (χ1v) is 11.7. The van der Waals surface area contributed by atoms with Gasteiger partial charge in [0.2, 0.25) is 0 Å². The number of nitrogens with zero attached hydrogens (tertiary/aromatic N) is 3. The number of rotatable bonds is 4. The molecule has 0 saturated carbocycles. The van der Waals surface area contributed by atoms with Crippen LogP contribution in [0, 0.1) is 27.7 Å². The van der Waals surface area contributed by atoms with Crippen LogP contribution in [0.2, 0.25) is 0 Å². The van der Waals surface area contributed by atoms with E-state index in [9.17, 15) is 0 Å². The van der Waals surface area contributed by atoms with Crippen molar-refractivity contribution in [3.05, 3.63) is 113 Å². The van der Waals surface area contributed by atoms with Crippen LogP contribution in [0.5, 0.6) is 0 Å². The Morgan fingerprint density at radius 1 is 0.788 bits per heavy atom. The minimum Gasteiger partial charge on any atom is -0.351 e. The summed E-state index contributed by atoms with van der Waals surface area (Å²) < 4.78 is 2.36. The first kappa shape index (κ1) is 21.4. The normalized spacial score (nSPS) is 17.9. The van der Waals surface area contributed by atoms with Crippen molar-refractivity contribution in [1.82, 2.24) is 14.9 Å². The number of benzene rings is 2. The molecule has 1 fully saturated rings. The fourth-order valence-electron chi connectivity index (χ4n) is 5.04. The van der Waals surface area contributed by atoms with E-state index in [2.05, 4.69) is 103 Å². The van der Waals surface area contributed by atoms with Crippen LogP contribution >= 0.6 is 12.2 Å². The molecular formula is C28H28N4S. The van der Waals surface area contributed by atoms with Gasteiger partial charge >= 0.3 is 0 Å². The second kappa shape index (κ2) is 8.49. The van der Waals surface area contributed by atoms with Crippen molar-refractivity contribution >= 4 is 23.0 Å². The van der Waals surface area contributed by atoms with Gasteiger partial charge in [0.25, 0.3) is 0 Å². The Morgan fingerprint density at radius 3 is 2.15 bits per heavy atom. The van der Waals surface area contributed by atoms with Gasteiger partial charge in [-0.3, -0.25) is 4.98 Å². The molecule has 1 aliphatic heterocycles. The first-order chi connectivity index (χ1) is 16.0. The van der Waals surface area contributed by atoms with E-state index in [4.69, 9.17) is 17.2 Å². The molecule has 0 amide bonds. The summed E-state index contributed by atoms with van der Waals surface area (Å²) in [6, 6.07) is 25.2. The third-order valence-corrected chi connectivity index (χ3v) is 7.04. The van der Waals surface area contributed by atoms with Gasteiger partial charge in [-0.25, -0.2) is 0 Å². The molecule has 0 spiro atoms. The fraction of sp³-hybridized carbons (Fsp3) is 0.214. The highest BCUT2D eigenvalue weighted by atomic mass is 32.1. The summed E-state index contributed by atoms with van der Waals surface area (Å²) in [6.07, 6.45) is 1.85.